The lowest BCUT2D eigenvalue weighted by Gasteiger charge is -2.32. The fourth-order valence-electron chi connectivity index (χ4n) is 4.64. The van der Waals surface area contributed by atoms with Crippen molar-refractivity contribution in [1.82, 2.24) is 10.2 Å². The Balaban J connectivity index is 1.89. The van der Waals surface area contributed by atoms with Gasteiger partial charge in [0.2, 0.25) is 21.8 Å². The topological polar surface area (TPSA) is 96.0 Å². The molecule has 0 spiro atoms. The molecular weight excluding hydrogens is 557 g/mol. The number of ether oxygens (including phenoxy) is 1. The van der Waals surface area contributed by atoms with Crippen LogP contribution in [0.3, 0.4) is 0 Å². The van der Waals surface area contributed by atoms with Crippen molar-refractivity contribution >= 4 is 27.5 Å². The Morgan fingerprint density at radius 3 is 2.19 bits per heavy atom. The highest BCUT2D eigenvalue weighted by Gasteiger charge is 2.31. The molecule has 0 aliphatic rings. The van der Waals surface area contributed by atoms with Gasteiger partial charge in [-0.2, -0.15) is 0 Å². The number of para-hydroxylation sites is 2. The van der Waals surface area contributed by atoms with E-state index in [9.17, 15) is 22.4 Å². The number of hydrogen-bond acceptors (Lipinski definition) is 5. The molecule has 0 heterocycles. The lowest BCUT2D eigenvalue weighted by molar-refractivity contribution is -0.141. The minimum absolute atomic E-state index is 0.00966. The Bertz CT molecular complexity index is 1420. The summed E-state index contributed by atoms with van der Waals surface area (Å²) in [6.07, 6.45) is 1.59. The van der Waals surface area contributed by atoms with Crippen molar-refractivity contribution in [2.75, 3.05) is 23.7 Å². The Kier molecular flexibility index (Phi) is 11.9. The van der Waals surface area contributed by atoms with Crippen LogP contribution in [0.25, 0.3) is 0 Å². The van der Waals surface area contributed by atoms with Crippen molar-refractivity contribution in [2.45, 2.75) is 58.7 Å². The third-order valence-corrected chi connectivity index (χ3v) is 7.73. The molecule has 3 aromatic rings. The smallest absolute Gasteiger partial charge is 0.243 e. The Labute approximate surface area is 248 Å². The standard InChI is InChI=1S/C32H40FN3O5S/c1-5-41-30-15-10-9-14-28(30)36(42(4,39)40)21-11-16-31(37)35(23-26-17-19-27(33)20-18-26)29(32(38)34-24(2)3)22-25-12-7-6-8-13-25/h6-10,12-15,17-20,24,29H,5,11,16,21-23H2,1-4H3,(H,34,38)/t29-/m1/s1. The highest BCUT2D eigenvalue weighted by molar-refractivity contribution is 7.92. The van der Waals surface area contributed by atoms with E-state index in [1.807, 2.05) is 51.1 Å². The fraction of sp³-hybridized carbons (Fsp3) is 0.375. The van der Waals surface area contributed by atoms with Crippen molar-refractivity contribution in [3.8, 4) is 5.75 Å². The quantitative estimate of drug-likeness (QED) is 0.268. The van der Waals surface area contributed by atoms with Crippen LogP contribution in [-0.2, 0) is 32.6 Å². The number of amides is 2. The van der Waals surface area contributed by atoms with Crippen molar-refractivity contribution in [3.63, 3.8) is 0 Å². The average Bonchev–Trinajstić information content (AvgIpc) is 2.94. The first kappa shape index (κ1) is 32.6. The van der Waals surface area contributed by atoms with Gasteiger partial charge in [-0.1, -0.05) is 54.6 Å². The summed E-state index contributed by atoms with van der Waals surface area (Å²) in [5, 5.41) is 2.93. The van der Waals surface area contributed by atoms with E-state index in [1.54, 1.807) is 36.4 Å². The summed E-state index contributed by atoms with van der Waals surface area (Å²) in [7, 11) is -3.68. The molecule has 2 amide bonds. The van der Waals surface area contributed by atoms with Gasteiger partial charge in [-0.3, -0.25) is 13.9 Å². The van der Waals surface area contributed by atoms with Gasteiger partial charge >= 0.3 is 0 Å². The van der Waals surface area contributed by atoms with Gasteiger partial charge in [0.05, 0.1) is 18.6 Å². The van der Waals surface area contributed by atoms with E-state index >= 15 is 0 Å². The number of benzene rings is 3. The third-order valence-electron chi connectivity index (χ3n) is 6.55. The van der Waals surface area contributed by atoms with Crippen LogP contribution in [0.1, 0.15) is 44.7 Å². The summed E-state index contributed by atoms with van der Waals surface area (Å²) in [5.41, 5.74) is 1.95. The average molecular weight is 598 g/mol. The maximum absolute atomic E-state index is 13.9. The van der Waals surface area contributed by atoms with Crippen LogP contribution in [0.2, 0.25) is 0 Å². The van der Waals surface area contributed by atoms with Crippen molar-refractivity contribution in [2.24, 2.45) is 0 Å². The zero-order valence-corrected chi connectivity index (χ0v) is 25.4. The van der Waals surface area contributed by atoms with Gasteiger partial charge in [-0.05, 0) is 62.6 Å². The molecule has 0 aromatic heterocycles. The largest absolute Gasteiger partial charge is 0.492 e. The second-order valence-electron chi connectivity index (χ2n) is 10.4. The molecule has 0 aliphatic carbocycles. The Hall–Kier alpha value is -3.92. The number of hydrogen-bond donors (Lipinski definition) is 1. The van der Waals surface area contributed by atoms with Crippen LogP contribution in [0, 0.1) is 5.82 Å². The highest BCUT2D eigenvalue weighted by Crippen LogP contribution is 2.30. The van der Waals surface area contributed by atoms with Crippen LogP contribution in [0.15, 0.2) is 78.9 Å². The summed E-state index contributed by atoms with van der Waals surface area (Å²) in [4.78, 5) is 28.8. The molecule has 0 radical (unpaired) electrons. The van der Waals surface area contributed by atoms with Crippen LogP contribution >= 0.6 is 0 Å². The molecule has 226 valence electrons. The van der Waals surface area contributed by atoms with Crippen molar-refractivity contribution in [1.29, 1.82) is 0 Å². The summed E-state index contributed by atoms with van der Waals surface area (Å²) in [5.74, 6) is -0.579. The SMILES string of the molecule is CCOc1ccccc1N(CCCC(=O)N(Cc1ccc(F)cc1)[C@H](Cc1ccccc1)C(=O)NC(C)C)S(C)(=O)=O. The van der Waals surface area contributed by atoms with Crippen LogP contribution in [0.5, 0.6) is 5.75 Å². The second kappa shape index (κ2) is 15.3. The molecule has 0 bridgehead atoms. The Morgan fingerprint density at radius 2 is 1.57 bits per heavy atom. The predicted molar refractivity (Wildman–Crippen MR) is 163 cm³/mol. The zero-order valence-electron chi connectivity index (χ0n) is 24.6. The van der Waals surface area contributed by atoms with Crippen molar-refractivity contribution < 1.29 is 27.1 Å². The van der Waals surface area contributed by atoms with E-state index < -0.39 is 21.9 Å². The predicted octanol–water partition coefficient (Wildman–Crippen LogP) is 4.94. The summed E-state index contributed by atoms with van der Waals surface area (Å²) in [6, 6.07) is 21.1. The van der Waals surface area contributed by atoms with Gasteiger partial charge in [-0.15, -0.1) is 0 Å². The number of carbonyl (C=O) groups excluding carboxylic acids is 2. The van der Waals surface area contributed by atoms with Crippen LogP contribution < -0.4 is 14.4 Å². The number of sulfonamides is 1. The zero-order chi connectivity index (χ0) is 30.7. The fourth-order valence-corrected chi connectivity index (χ4v) is 5.61. The minimum atomic E-state index is -3.68. The third kappa shape index (κ3) is 9.58. The molecule has 1 N–H and O–H groups in total. The van der Waals surface area contributed by atoms with Crippen LogP contribution in [-0.4, -0.2) is 56.6 Å². The normalized spacial score (nSPS) is 12.0. The number of rotatable bonds is 15. The molecule has 42 heavy (non-hydrogen) atoms. The summed E-state index contributed by atoms with van der Waals surface area (Å²) in [6.45, 7) is 6.02. The monoisotopic (exact) mass is 597 g/mol. The number of carbonyl (C=O) groups is 2. The molecule has 0 aliphatic heterocycles. The van der Waals surface area contributed by atoms with Gasteiger partial charge in [0.1, 0.15) is 17.6 Å². The van der Waals surface area contributed by atoms with Crippen LogP contribution in [0.4, 0.5) is 10.1 Å². The first-order valence-electron chi connectivity index (χ1n) is 14.1. The maximum Gasteiger partial charge on any atom is 0.243 e. The van der Waals surface area contributed by atoms with Gasteiger partial charge in [0, 0.05) is 32.0 Å². The number of halogens is 1. The van der Waals surface area contributed by atoms with E-state index in [1.165, 1.54) is 21.3 Å². The van der Waals surface area contributed by atoms with Gasteiger partial charge in [0.15, 0.2) is 0 Å². The molecule has 0 saturated carbocycles. The first-order valence-corrected chi connectivity index (χ1v) is 15.9. The molecule has 3 aromatic carbocycles. The maximum atomic E-state index is 13.9. The number of nitrogens with zero attached hydrogens (tertiary/aromatic N) is 2. The van der Waals surface area contributed by atoms with E-state index in [4.69, 9.17) is 4.74 Å². The second-order valence-corrected chi connectivity index (χ2v) is 12.3. The number of anilines is 1. The van der Waals surface area contributed by atoms with E-state index in [-0.39, 0.29) is 50.2 Å². The molecular formula is C32H40FN3O5S. The lowest BCUT2D eigenvalue weighted by Crippen LogP contribution is -2.51. The molecule has 10 heteroatoms. The minimum Gasteiger partial charge on any atom is -0.492 e. The van der Waals surface area contributed by atoms with E-state index in [0.29, 0.717) is 23.6 Å². The van der Waals surface area contributed by atoms with Crippen molar-refractivity contribution in [3.05, 3.63) is 95.8 Å². The summed E-state index contributed by atoms with van der Waals surface area (Å²) < 4.78 is 46.1. The molecule has 3 rings (SSSR count). The highest BCUT2D eigenvalue weighted by atomic mass is 32.2. The molecule has 0 unspecified atom stereocenters. The molecule has 0 fully saturated rings. The van der Waals surface area contributed by atoms with Gasteiger partial charge in [-0.25, -0.2) is 12.8 Å². The Morgan fingerprint density at radius 1 is 0.929 bits per heavy atom. The summed E-state index contributed by atoms with van der Waals surface area (Å²) >= 11 is 0. The van der Waals surface area contributed by atoms with E-state index in [0.717, 1.165) is 11.8 Å². The molecule has 8 nitrogen and oxygen atoms in total. The number of nitrogens with one attached hydrogen (secondary N) is 1. The van der Waals surface area contributed by atoms with Gasteiger partial charge < -0.3 is 15.0 Å². The van der Waals surface area contributed by atoms with Gasteiger partial charge in [0.25, 0.3) is 0 Å². The molecule has 1 atom stereocenters. The van der Waals surface area contributed by atoms with E-state index in [2.05, 4.69) is 5.32 Å². The first-order chi connectivity index (χ1) is 20.0. The lowest BCUT2D eigenvalue weighted by atomic mass is 10.0. The molecule has 0 saturated heterocycles.